The maximum absolute atomic E-state index is 11.5. The normalized spacial score (nSPS) is 11.8. The maximum Gasteiger partial charge on any atom is 0.175 e. The van der Waals surface area contributed by atoms with Crippen molar-refractivity contribution in [2.75, 3.05) is 18.2 Å². The summed E-state index contributed by atoms with van der Waals surface area (Å²) < 4.78 is 57.6. The Morgan fingerprint density at radius 3 is 1.24 bits per heavy atom. The SMILES string of the molecule is CS(=O)(=O)c1ccc(Oc2cc(N)cc(Oc3ccc(S(C)(=O)=O)cc3)c2)cc1. The molecule has 0 aliphatic heterocycles. The van der Waals surface area contributed by atoms with Crippen molar-refractivity contribution in [3.05, 3.63) is 66.7 Å². The van der Waals surface area contributed by atoms with Gasteiger partial charge in [-0.2, -0.15) is 0 Å². The average Bonchev–Trinajstić information content (AvgIpc) is 2.60. The quantitative estimate of drug-likeness (QED) is 0.590. The van der Waals surface area contributed by atoms with Gasteiger partial charge in [0.1, 0.15) is 23.0 Å². The molecule has 0 aromatic heterocycles. The van der Waals surface area contributed by atoms with Crippen LogP contribution in [0.3, 0.4) is 0 Å². The van der Waals surface area contributed by atoms with E-state index < -0.39 is 19.7 Å². The molecular formula is C20H19NO6S2. The molecule has 0 aliphatic rings. The number of hydrogen-bond donors (Lipinski definition) is 1. The first-order valence-electron chi connectivity index (χ1n) is 8.37. The van der Waals surface area contributed by atoms with E-state index in [1.807, 2.05) is 0 Å². The molecule has 9 heteroatoms. The van der Waals surface area contributed by atoms with E-state index in [0.717, 1.165) is 12.5 Å². The van der Waals surface area contributed by atoms with Crippen LogP contribution in [0.1, 0.15) is 0 Å². The zero-order valence-electron chi connectivity index (χ0n) is 15.7. The Bertz CT molecular complexity index is 1140. The van der Waals surface area contributed by atoms with Crippen LogP contribution >= 0.6 is 0 Å². The lowest BCUT2D eigenvalue weighted by molar-refractivity contribution is 0.460. The second-order valence-corrected chi connectivity index (χ2v) is 10.5. The molecular weight excluding hydrogens is 414 g/mol. The molecule has 7 nitrogen and oxygen atoms in total. The van der Waals surface area contributed by atoms with Crippen molar-refractivity contribution in [3.8, 4) is 23.0 Å². The van der Waals surface area contributed by atoms with Crippen molar-refractivity contribution < 1.29 is 26.3 Å². The van der Waals surface area contributed by atoms with Gasteiger partial charge < -0.3 is 15.2 Å². The van der Waals surface area contributed by atoms with Gasteiger partial charge in [-0.25, -0.2) is 16.8 Å². The van der Waals surface area contributed by atoms with Gasteiger partial charge in [-0.1, -0.05) is 0 Å². The van der Waals surface area contributed by atoms with Crippen LogP contribution in [0.15, 0.2) is 76.5 Å². The second-order valence-electron chi connectivity index (χ2n) is 6.43. The molecule has 0 spiro atoms. The minimum atomic E-state index is -3.29. The van der Waals surface area contributed by atoms with E-state index in [1.165, 1.54) is 24.3 Å². The molecule has 0 aliphatic carbocycles. The Labute approximate surface area is 169 Å². The summed E-state index contributed by atoms with van der Waals surface area (Å²) in [6.07, 6.45) is 2.26. The van der Waals surface area contributed by atoms with E-state index in [9.17, 15) is 16.8 Å². The van der Waals surface area contributed by atoms with Gasteiger partial charge in [0, 0.05) is 36.4 Å². The van der Waals surface area contributed by atoms with Gasteiger partial charge in [-0.05, 0) is 48.5 Å². The Hall–Kier alpha value is -3.04. The van der Waals surface area contributed by atoms with Gasteiger partial charge in [0.2, 0.25) is 0 Å². The van der Waals surface area contributed by atoms with Crippen LogP contribution in [0.4, 0.5) is 5.69 Å². The lowest BCUT2D eigenvalue weighted by Gasteiger charge is -2.11. The molecule has 0 atom stereocenters. The number of anilines is 1. The van der Waals surface area contributed by atoms with E-state index >= 15 is 0 Å². The fraction of sp³-hybridized carbons (Fsp3) is 0.100. The van der Waals surface area contributed by atoms with Gasteiger partial charge in [0.25, 0.3) is 0 Å². The van der Waals surface area contributed by atoms with Crippen LogP contribution in [-0.4, -0.2) is 29.3 Å². The Balaban J connectivity index is 1.79. The molecule has 0 fully saturated rings. The summed E-state index contributed by atoms with van der Waals surface area (Å²) >= 11 is 0. The molecule has 3 aromatic rings. The summed E-state index contributed by atoms with van der Waals surface area (Å²) in [7, 11) is -6.57. The number of sulfone groups is 2. The smallest absolute Gasteiger partial charge is 0.175 e. The van der Waals surface area contributed by atoms with E-state index in [0.29, 0.717) is 28.7 Å². The minimum absolute atomic E-state index is 0.194. The average molecular weight is 434 g/mol. The van der Waals surface area contributed by atoms with E-state index in [1.54, 1.807) is 42.5 Å². The van der Waals surface area contributed by atoms with Gasteiger partial charge in [0.05, 0.1) is 9.79 Å². The highest BCUT2D eigenvalue weighted by atomic mass is 32.2. The van der Waals surface area contributed by atoms with Crippen molar-refractivity contribution in [2.24, 2.45) is 0 Å². The van der Waals surface area contributed by atoms with Crippen molar-refractivity contribution in [2.45, 2.75) is 9.79 Å². The van der Waals surface area contributed by atoms with Crippen LogP contribution in [-0.2, 0) is 19.7 Å². The molecule has 152 valence electrons. The number of benzene rings is 3. The monoisotopic (exact) mass is 433 g/mol. The Morgan fingerprint density at radius 1 is 0.586 bits per heavy atom. The van der Waals surface area contributed by atoms with Gasteiger partial charge in [-0.3, -0.25) is 0 Å². The zero-order chi connectivity index (χ0) is 21.2. The topological polar surface area (TPSA) is 113 Å². The zero-order valence-corrected chi connectivity index (χ0v) is 17.3. The van der Waals surface area contributed by atoms with Gasteiger partial charge >= 0.3 is 0 Å². The first kappa shape index (κ1) is 20.7. The standard InChI is InChI=1S/C20H19NO6S2/c1-28(22,23)19-7-3-15(4-8-19)26-17-11-14(21)12-18(13-17)27-16-5-9-20(10-6-16)29(2,24)25/h3-13H,21H2,1-2H3. The molecule has 3 rings (SSSR count). The highest BCUT2D eigenvalue weighted by Gasteiger charge is 2.10. The number of hydrogen-bond acceptors (Lipinski definition) is 7. The van der Waals surface area contributed by atoms with Crippen LogP contribution in [0.5, 0.6) is 23.0 Å². The lowest BCUT2D eigenvalue weighted by Crippen LogP contribution is -1.97. The first-order valence-corrected chi connectivity index (χ1v) is 12.2. The Kier molecular flexibility index (Phi) is 5.54. The molecule has 0 bridgehead atoms. The third kappa shape index (κ3) is 5.49. The first-order chi connectivity index (χ1) is 13.5. The van der Waals surface area contributed by atoms with Crippen LogP contribution < -0.4 is 15.2 Å². The highest BCUT2D eigenvalue weighted by Crippen LogP contribution is 2.32. The lowest BCUT2D eigenvalue weighted by atomic mass is 10.2. The summed E-state index contributed by atoms with van der Waals surface area (Å²) in [5.41, 5.74) is 6.31. The molecule has 0 saturated heterocycles. The predicted molar refractivity (Wildman–Crippen MR) is 110 cm³/mol. The molecule has 3 aromatic carbocycles. The van der Waals surface area contributed by atoms with Crippen LogP contribution in [0, 0.1) is 0 Å². The van der Waals surface area contributed by atoms with Crippen LogP contribution in [0.25, 0.3) is 0 Å². The fourth-order valence-electron chi connectivity index (χ4n) is 2.49. The van der Waals surface area contributed by atoms with Crippen LogP contribution in [0.2, 0.25) is 0 Å². The summed E-state index contributed by atoms with van der Waals surface area (Å²) in [5.74, 6) is 1.68. The van der Waals surface area contributed by atoms with Crippen molar-refractivity contribution >= 4 is 25.4 Å². The molecule has 0 radical (unpaired) electrons. The summed E-state index contributed by atoms with van der Waals surface area (Å²) in [6, 6.07) is 16.8. The minimum Gasteiger partial charge on any atom is -0.457 e. The maximum atomic E-state index is 11.5. The Morgan fingerprint density at radius 2 is 0.931 bits per heavy atom. The summed E-state index contributed by atoms with van der Waals surface area (Å²) in [5, 5.41) is 0. The summed E-state index contributed by atoms with van der Waals surface area (Å²) in [4.78, 5) is 0.387. The fourth-order valence-corrected chi connectivity index (χ4v) is 3.75. The van der Waals surface area contributed by atoms with Crippen molar-refractivity contribution in [1.82, 2.24) is 0 Å². The highest BCUT2D eigenvalue weighted by molar-refractivity contribution is 7.91. The number of ether oxygens (including phenoxy) is 2. The van der Waals surface area contributed by atoms with E-state index in [4.69, 9.17) is 15.2 Å². The number of rotatable bonds is 6. The largest absolute Gasteiger partial charge is 0.457 e. The number of nitrogens with two attached hydrogens (primary N) is 1. The molecule has 2 N–H and O–H groups in total. The van der Waals surface area contributed by atoms with E-state index in [-0.39, 0.29) is 9.79 Å². The predicted octanol–water partition coefficient (Wildman–Crippen LogP) is 3.66. The molecule has 0 amide bonds. The van der Waals surface area contributed by atoms with Gasteiger partial charge in [0.15, 0.2) is 19.7 Å². The third-order valence-electron chi connectivity index (χ3n) is 3.88. The molecule has 0 heterocycles. The summed E-state index contributed by atoms with van der Waals surface area (Å²) in [6.45, 7) is 0. The molecule has 0 saturated carbocycles. The van der Waals surface area contributed by atoms with Crippen molar-refractivity contribution in [1.29, 1.82) is 0 Å². The molecule has 0 unspecified atom stereocenters. The third-order valence-corrected chi connectivity index (χ3v) is 6.13. The number of nitrogen functional groups attached to an aromatic ring is 1. The molecule has 29 heavy (non-hydrogen) atoms. The second kappa shape index (κ2) is 7.76. The van der Waals surface area contributed by atoms with E-state index in [2.05, 4.69) is 0 Å². The van der Waals surface area contributed by atoms with Crippen molar-refractivity contribution in [3.63, 3.8) is 0 Å². The van der Waals surface area contributed by atoms with Gasteiger partial charge in [-0.15, -0.1) is 0 Å².